The van der Waals surface area contributed by atoms with Crippen LogP contribution in [0.25, 0.3) is 0 Å². The first-order valence-corrected chi connectivity index (χ1v) is 9.69. The molecule has 3 atom stereocenters. The fourth-order valence-electron chi connectivity index (χ4n) is 4.32. The predicted octanol–water partition coefficient (Wildman–Crippen LogP) is 5.49. The number of ether oxygens (including phenoxy) is 1. The lowest BCUT2D eigenvalue weighted by atomic mass is 9.74. The number of carbonyl (C=O) groups excluding carboxylic acids is 2. The van der Waals surface area contributed by atoms with Crippen LogP contribution in [0.2, 0.25) is 5.02 Å². The van der Waals surface area contributed by atoms with Gasteiger partial charge in [0.2, 0.25) is 0 Å². The van der Waals surface area contributed by atoms with Crippen molar-refractivity contribution < 1.29 is 18.7 Å². The third-order valence-corrected chi connectivity index (χ3v) is 6.05. The van der Waals surface area contributed by atoms with Gasteiger partial charge in [-0.3, -0.25) is 9.59 Å². The van der Waals surface area contributed by atoms with E-state index in [0.717, 1.165) is 30.4 Å². The van der Waals surface area contributed by atoms with E-state index in [1.54, 1.807) is 18.2 Å². The summed E-state index contributed by atoms with van der Waals surface area (Å²) in [5, 5.41) is 0.0262. The first-order valence-electron chi connectivity index (χ1n) is 9.31. The van der Waals surface area contributed by atoms with Crippen LogP contribution in [0.4, 0.5) is 4.39 Å². The highest BCUT2D eigenvalue weighted by Gasteiger charge is 2.47. The Morgan fingerprint density at radius 1 is 1.04 bits per heavy atom. The van der Waals surface area contributed by atoms with Crippen LogP contribution in [-0.2, 0) is 16.0 Å². The zero-order valence-electron chi connectivity index (χ0n) is 15.0. The second-order valence-corrected chi connectivity index (χ2v) is 7.74. The SMILES string of the molecule is CCc1ccc(Oc2ccc(Cl)c(F)c2)cc1C1C(=O)[C@@H]2CC[C@@H](C2)C1=O. The van der Waals surface area contributed by atoms with Gasteiger partial charge in [-0.15, -0.1) is 0 Å². The molecule has 0 amide bonds. The zero-order valence-corrected chi connectivity index (χ0v) is 15.8. The molecule has 0 aliphatic heterocycles. The highest BCUT2D eigenvalue weighted by Crippen LogP contribution is 2.45. The van der Waals surface area contributed by atoms with Crippen LogP contribution in [0.1, 0.15) is 43.2 Å². The first-order chi connectivity index (χ1) is 13.0. The lowest BCUT2D eigenvalue weighted by molar-refractivity contribution is -0.135. The van der Waals surface area contributed by atoms with Crippen LogP contribution >= 0.6 is 11.6 Å². The number of ketones is 2. The topological polar surface area (TPSA) is 43.4 Å². The molecule has 2 aromatic carbocycles. The molecule has 0 aromatic heterocycles. The van der Waals surface area contributed by atoms with E-state index in [9.17, 15) is 14.0 Å². The van der Waals surface area contributed by atoms with E-state index in [-0.39, 0.29) is 28.4 Å². The van der Waals surface area contributed by atoms with Gasteiger partial charge in [0.1, 0.15) is 23.2 Å². The Morgan fingerprint density at radius 3 is 2.30 bits per heavy atom. The smallest absolute Gasteiger partial charge is 0.150 e. The summed E-state index contributed by atoms with van der Waals surface area (Å²) in [6.45, 7) is 2.00. The van der Waals surface area contributed by atoms with E-state index < -0.39 is 11.7 Å². The average molecular weight is 387 g/mol. The number of hydrogen-bond donors (Lipinski definition) is 0. The summed E-state index contributed by atoms with van der Waals surface area (Å²) in [6.07, 6.45) is 3.05. The van der Waals surface area contributed by atoms with Gasteiger partial charge in [-0.25, -0.2) is 4.39 Å². The van der Waals surface area contributed by atoms with Crippen molar-refractivity contribution in [3.63, 3.8) is 0 Å². The number of aryl methyl sites for hydroxylation is 1. The average Bonchev–Trinajstić information content (AvgIpc) is 3.11. The normalized spacial score (nSPS) is 24.3. The molecule has 140 valence electrons. The highest BCUT2D eigenvalue weighted by molar-refractivity contribution is 6.30. The Morgan fingerprint density at radius 2 is 1.67 bits per heavy atom. The molecule has 0 heterocycles. The number of rotatable bonds is 4. The molecule has 2 fully saturated rings. The molecule has 2 aliphatic rings. The van der Waals surface area contributed by atoms with Gasteiger partial charge >= 0.3 is 0 Å². The molecule has 2 aromatic rings. The second-order valence-electron chi connectivity index (χ2n) is 7.34. The Balaban J connectivity index is 1.70. The molecular weight excluding hydrogens is 367 g/mol. The Bertz CT molecular complexity index is 902. The van der Waals surface area contributed by atoms with Crippen LogP contribution in [0, 0.1) is 17.7 Å². The minimum Gasteiger partial charge on any atom is -0.457 e. The number of Topliss-reactive ketones (excluding diaryl/α,β-unsaturated/α-hetero) is 2. The minimum absolute atomic E-state index is 0.00246. The van der Waals surface area contributed by atoms with Gasteiger partial charge in [0.15, 0.2) is 11.6 Å². The summed E-state index contributed by atoms with van der Waals surface area (Å²) in [5.74, 6) is -0.396. The number of halogens is 2. The largest absolute Gasteiger partial charge is 0.457 e. The van der Waals surface area contributed by atoms with Crippen molar-refractivity contribution in [2.45, 2.75) is 38.5 Å². The number of fused-ring (bicyclic) bond motifs is 2. The summed E-state index contributed by atoms with van der Waals surface area (Å²) >= 11 is 5.71. The van der Waals surface area contributed by atoms with Crippen molar-refractivity contribution >= 4 is 23.2 Å². The molecule has 2 bridgehead atoms. The molecule has 0 saturated heterocycles. The summed E-state index contributed by atoms with van der Waals surface area (Å²) in [6, 6.07) is 9.65. The van der Waals surface area contributed by atoms with Crippen LogP contribution < -0.4 is 4.74 Å². The van der Waals surface area contributed by atoms with E-state index in [2.05, 4.69) is 0 Å². The summed E-state index contributed by atoms with van der Waals surface area (Å²) in [4.78, 5) is 25.8. The lowest BCUT2D eigenvalue weighted by Gasteiger charge is -2.27. The van der Waals surface area contributed by atoms with E-state index in [0.29, 0.717) is 17.9 Å². The number of hydrogen-bond acceptors (Lipinski definition) is 3. The molecule has 0 spiro atoms. The fraction of sp³-hybridized carbons (Fsp3) is 0.364. The first kappa shape index (κ1) is 18.2. The monoisotopic (exact) mass is 386 g/mol. The van der Waals surface area contributed by atoms with E-state index >= 15 is 0 Å². The van der Waals surface area contributed by atoms with Gasteiger partial charge in [-0.1, -0.05) is 24.6 Å². The van der Waals surface area contributed by atoms with Crippen molar-refractivity contribution in [3.05, 3.63) is 58.4 Å². The molecular formula is C22H20ClFO3. The number of benzene rings is 2. The molecule has 0 radical (unpaired) electrons. The quantitative estimate of drug-likeness (QED) is 0.653. The van der Waals surface area contributed by atoms with E-state index in [1.165, 1.54) is 12.1 Å². The van der Waals surface area contributed by atoms with Gasteiger partial charge in [0, 0.05) is 17.9 Å². The molecule has 1 unspecified atom stereocenters. The maximum Gasteiger partial charge on any atom is 0.150 e. The maximum absolute atomic E-state index is 13.7. The Labute approximate surface area is 162 Å². The molecule has 4 rings (SSSR count). The summed E-state index contributed by atoms with van der Waals surface area (Å²) in [5.41, 5.74) is 1.70. The minimum atomic E-state index is -0.697. The standard InChI is InChI=1S/C22H20ClFO3/c1-2-12-5-6-15(27-16-7-8-18(23)19(24)11-16)10-17(12)20-21(25)13-3-4-14(9-13)22(20)26/h5-8,10-11,13-14,20H,2-4,9H2,1H3/t13-,14+,20?. The van der Waals surface area contributed by atoms with Crippen molar-refractivity contribution in [1.82, 2.24) is 0 Å². The van der Waals surface area contributed by atoms with Crippen LogP contribution in [0.15, 0.2) is 36.4 Å². The summed E-state index contributed by atoms with van der Waals surface area (Å²) < 4.78 is 19.4. The van der Waals surface area contributed by atoms with Crippen LogP contribution in [-0.4, -0.2) is 11.6 Å². The van der Waals surface area contributed by atoms with Crippen molar-refractivity contribution in [2.24, 2.45) is 11.8 Å². The Hall–Kier alpha value is -2.20. The fourth-order valence-corrected chi connectivity index (χ4v) is 4.44. The highest BCUT2D eigenvalue weighted by atomic mass is 35.5. The van der Waals surface area contributed by atoms with Crippen LogP contribution in [0.5, 0.6) is 11.5 Å². The van der Waals surface area contributed by atoms with Gasteiger partial charge < -0.3 is 4.74 Å². The third kappa shape index (κ3) is 3.27. The van der Waals surface area contributed by atoms with Gasteiger partial charge in [0.05, 0.1) is 5.02 Å². The molecule has 2 aliphatic carbocycles. The Kier molecular flexibility index (Phi) is 4.77. The maximum atomic E-state index is 13.7. The van der Waals surface area contributed by atoms with Crippen molar-refractivity contribution in [3.8, 4) is 11.5 Å². The number of carbonyl (C=O) groups is 2. The van der Waals surface area contributed by atoms with Crippen LogP contribution in [0.3, 0.4) is 0 Å². The predicted molar refractivity (Wildman–Crippen MR) is 101 cm³/mol. The molecule has 5 heteroatoms. The van der Waals surface area contributed by atoms with Gasteiger partial charge in [-0.2, -0.15) is 0 Å². The molecule has 0 N–H and O–H groups in total. The van der Waals surface area contributed by atoms with E-state index in [4.69, 9.17) is 16.3 Å². The van der Waals surface area contributed by atoms with Gasteiger partial charge in [-0.05, 0) is 61.1 Å². The third-order valence-electron chi connectivity index (χ3n) is 5.74. The zero-order chi connectivity index (χ0) is 19.1. The lowest BCUT2D eigenvalue weighted by Crippen LogP contribution is -2.35. The molecule has 2 saturated carbocycles. The summed E-state index contributed by atoms with van der Waals surface area (Å²) in [7, 11) is 0. The molecule has 3 nitrogen and oxygen atoms in total. The van der Waals surface area contributed by atoms with Gasteiger partial charge in [0.25, 0.3) is 0 Å². The molecule has 27 heavy (non-hydrogen) atoms. The van der Waals surface area contributed by atoms with E-state index in [1.807, 2.05) is 13.0 Å². The second kappa shape index (κ2) is 7.08. The van der Waals surface area contributed by atoms with Crippen molar-refractivity contribution in [2.75, 3.05) is 0 Å². The van der Waals surface area contributed by atoms with Crippen molar-refractivity contribution in [1.29, 1.82) is 0 Å².